The summed E-state index contributed by atoms with van der Waals surface area (Å²) in [6, 6.07) is 1.43. The summed E-state index contributed by atoms with van der Waals surface area (Å²) in [4.78, 5) is 0. The van der Waals surface area contributed by atoms with Gasteiger partial charge in [-0.15, -0.1) is 0 Å². The second-order valence-corrected chi connectivity index (χ2v) is 5.63. The lowest BCUT2D eigenvalue weighted by Gasteiger charge is -2.30. The molecule has 0 spiro atoms. The van der Waals surface area contributed by atoms with Crippen molar-refractivity contribution in [1.29, 1.82) is 0 Å². The highest BCUT2D eigenvalue weighted by atomic mass is 16.5. The Morgan fingerprint density at radius 3 is 2.41 bits per heavy atom. The maximum absolute atomic E-state index is 5.41. The molecule has 1 fully saturated rings. The molecule has 1 saturated carbocycles. The standard InChI is InChI=1S/C15H31NO/c1-4-5-6-7-8-13(2)16-14-9-11-15(17-3)12-10-14/h13-16H,4-12H2,1-3H3. The second-order valence-electron chi connectivity index (χ2n) is 5.63. The minimum atomic E-state index is 0.521. The molecule has 0 aromatic heterocycles. The van der Waals surface area contributed by atoms with Gasteiger partial charge in [0.1, 0.15) is 0 Å². The molecule has 0 aliphatic heterocycles. The number of hydrogen-bond acceptors (Lipinski definition) is 2. The molecule has 0 heterocycles. The Bertz CT molecular complexity index is 176. The molecule has 1 unspecified atom stereocenters. The van der Waals surface area contributed by atoms with Gasteiger partial charge in [-0.2, -0.15) is 0 Å². The summed E-state index contributed by atoms with van der Waals surface area (Å²) in [5.74, 6) is 0. The lowest BCUT2D eigenvalue weighted by molar-refractivity contribution is 0.0612. The van der Waals surface area contributed by atoms with E-state index in [-0.39, 0.29) is 0 Å². The van der Waals surface area contributed by atoms with Crippen molar-refractivity contribution in [3.05, 3.63) is 0 Å². The van der Waals surface area contributed by atoms with Gasteiger partial charge in [-0.25, -0.2) is 0 Å². The second kappa shape index (κ2) is 8.93. The highest BCUT2D eigenvalue weighted by Gasteiger charge is 2.21. The van der Waals surface area contributed by atoms with Crippen LogP contribution >= 0.6 is 0 Å². The van der Waals surface area contributed by atoms with Crippen LogP contribution < -0.4 is 5.32 Å². The van der Waals surface area contributed by atoms with E-state index >= 15 is 0 Å². The van der Waals surface area contributed by atoms with Crippen LogP contribution in [0.15, 0.2) is 0 Å². The van der Waals surface area contributed by atoms with Crippen molar-refractivity contribution >= 4 is 0 Å². The minimum Gasteiger partial charge on any atom is -0.381 e. The summed E-state index contributed by atoms with van der Waals surface area (Å²) in [6.07, 6.45) is 12.4. The highest BCUT2D eigenvalue weighted by Crippen LogP contribution is 2.21. The molecule has 1 rings (SSSR count). The average Bonchev–Trinajstić information content (AvgIpc) is 2.36. The van der Waals surface area contributed by atoms with Crippen molar-refractivity contribution in [3.63, 3.8) is 0 Å². The largest absolute Gasteiger partial charge is 0.381 e. The van der Waals surface area contributed by atoms with E-state index in [1.54, 1.807) is 0 Å². The Morgan fingerprint density at radius 1 is 1.12 bits per heavy atom. The number of ether oxygens (including phenoxy) is 1. The topological polar surface area (TPSA) is 21.3 Å². The molecule has 0 radical (unpaired) electrons. The molecule has 2 heteroatoms. The minimum absolute atomic E-state index is 0.521. The van der Waals surface area contributed by atoms with Gasteiger partial charge in [-0.3, -0.25) is 0 Å². The molecule has 1 atom stereocenters. The molecule has 0 aromatic carbocycles. The first kappa shape index (κ1) is 15.0. The number of nitrogens with one attached hydrogen (secondary N) is 1. The van der Waals surface area contributed by atoms with Crippen LogP contribution in [0, 0.1) is 0 Å². The molecular weight excluding hydrogens is 210 g/mol. The van der Waals surface area contributed by atoms with Crippen molar-refractivity contribution in [2.45, 2.75) is 89.8 Å². The van der Waals surface area contributed by atoms with E-state index < -0.39 is 0 Å². The van der Waals surface area contributed by atoms with Crippen molar-refractivity contribution in [3.8, 4) is 0 Å². The van der Waals surface area contributed by atoms with E-state index in [1.165, 1.54) is 57.8 Å². The van der Waals surface area contributed by atoms with Crippen LogP contribution in [0.3, 0.4) is 0 Å². The molecule has 0 saturated heterocycles. The van der Waals surface area contributed by atoms with Crippen LogP contribution in [-0.4, -0.2) is 25.3 Å². The van der Waals surface area contributed by atoms with Crippen LogP contribution in [-0.2, 0) is 4.74 Å². The van der Waals surface area contributed by atoms with E-state index in [0.717, 1.165) is 6.04 Å². The maximum Gasteiger partial charge on any atom is 0.0572 e. The van der Waals surface area contributed by atoms with E-state index in [2.05, 4.69) is 19.2 Å². The summed E-state index contributed by atoms with van der Waals surface area (Å²) >= 11 is 0. The van der Waals surface area contributed by atoms with Gasteiger partial charge in [0.05, 0.1) is 6.10 Å². The monoisotopic (exact) mass is 241 g/mol. The van der Waals surface area contributed by atoms with E-state index in [9.17, 15) is 0 Å². The van der Waals surface area contributed by atoms with Gasteiger partial charge in [0.15, 0.2) is 0 Å². The molecule has 102 valence electrons. The van der Waals surface area contributed by atoms with Gasteiger partial charge in [-0.05, 0) is 39.0 Å². The number of rotatable bonds is 8. The Labute approximate surface area is 108 Å². The van der Waals surface area contributed by atoms with Gasteiger partial charge in [0.25, 0.3) is 0 Å². The number of hydrogen-bond donors (Lipinski definition) is 1. The fourth-order valence-corrected chi connectivity index (χ4v) is 2.83. The quantitative estimate of drug-likeness (QED) is 0.651. The Balaban J connectivity index is 2.04. The van der Waals surface area contributed by atoms with Crippen molar-refractivity contribution in [1.82, 2.24) is 5.32 Å². The lowest BCUT2D eigenvalue weighted by Crippen LogP contribution is -2.40. The van der Waals surface area contributed by atoms with E-state index in [1.807, 2.05) is 7.11 Å². The zero-order valence-electron chi connectivity index (χ0n) is 12.0. The maximum atomic E-state index is 5.41. The van der Waals surface area contributed by atoms with Crippen molar-refractivity contribution in [2.75, 3.05) is 7.11 Å². The fourth-order valence-electron chi connectivity index (χ4n) is 2.83. The van der Waals surface area contributed by atoms with Crippen LogP contribution in [0.5, 0.6) is 0 Å². The van der Waals surface area contributed by atoms with E-state index in [0.29, 0.717) is 12.1 Å². The summed E-state index contributed by atoms with van der Waals surface area (Å²) in [5.41, 5.74) is 0. The zero-order chi connectivity index (χ0) is 12.5. The Hall–Kier alpha value is -0.0800. The SMILES string of the molecule is CCCCCCC(C)NC1CCC(OC)CC1. The third-order valence-electron chi connectivity index (χ3n) is 4.02. The van der Waals surface area contributed by atoms with Crippen LogP contribution in [0.25, 0.3) is 0 Å². The molecule has 1 aliphatic rings. The summed E-state index contributed by atoms with van der Waals surface area (Å²) < 4.78 is 5.41. The Kier molecular flexibility index (Phi) is 7.87. The van der Waals surface area contributed by atoms with Gasteiger partial charge < -0.3 is 10.1 Å². The van der Waals surface area contributed by atoms with E-state index in [4.69, 9.17) is 4.74 Å². The van der Waals surface area contributed by atoms with Crippen LogP contribution in [0.2, 0.25) is 0 Å². The third-order valence-corrected chi connectivity index (χ3v) is 4.02. The van der Waals surface area contributed by atoms with Gasteiger partial charge in [0, 0.05) is 19.2 Å². The molecule has 0 bridgehead atoms. The molecule has 0 aromatic rings. The molecular formula is C15H31NO. The molecule has 2 nitrogen and oxygen atoms in total. The number of unbranched alkanes of at least 4 members (excludes halogenated alkanes) is 3. The predicted molar refractivity (Wildman–Crippen MR) is 74.4 cm³/mol. The van der Waals surface area contributed by atoms with Crippen LogP contribution in [0.1, 0.15) is 71.6 Å². The van der Waals surface area contributed by atoms with Crippen molar-refractivity contribution in [2.24, 2.45) is 0 Å². The molecule has 1 aliphatic carbocycles. The first-order valence-electron chi connectivity index (χ1n) is 7.55. The first-order chi connectivity index (χ1) is 8.26. The lowest BCUT2D eigenvalue weighted by atomic mass is 9.92. The predicted octanol–water partition coefficient (Wildman–Crippen LogP) is 3.89. The molecule has 1 N–H and O–H groups in total. The normalized spacial score (nSPS) is 27.0. The molecule has 0 amide bonds. The number of methoxy groups -OCH3 is 1. The summed E-state index contributed by atoms with van der Waals surface area (Å²) in [5, 5.41) is 3.78. The Morgan fingerprint density at radius 2 is 1.82 bits per heavy atom. The highest BCUT2D eigenvalue weighted by molar-refractivity contribution is 4.79. The smallest absolute Gasteiger partial charge is 0.0572 e. The first-order valence-corrected chi connectivity index (χ1v) is 7.55. The zero-order valence-corrected chi connectivity index (χ0v) is 12.0. The summed E-state index contributed by atoms with van der Waals surface area (Å²) in [6.45, 7) is 4.62. The third kappa shape index (κ3) is 6.42. The van der Waals surface area contributed by atoms with Gasteiger partial charge >= 0.3 is 0 Å². The average molecular weight is 241 g/mol. The van der Waals surface area contributed by atoms with Crippen molar-refractivity contribution < 1.29 is 4.74 Å². The fraction of sp³-hybridized carbons (Fsp3) is 1.00. The summed E-state index contributed by atoms with van der Waals surface area (Å²) in [7, 11) is 1.84. The van der Waals surface area contributed by atoms with Gasteiger partial charge in [0.2, 0.25) is 0 Å². The van der Waals surface area contributed by atoms with Crippen LogP contribution in [0.4, 0.5) is 0 Å². The molecule has 17 heavy (non-hydrogen) atoms. The van der Waals surface area contributed by atoms with Gasteiger partial charge in [-0.1, -0.05) is 32.6 Å².